The number of nitrogens with zero attached hydrogens (tertiary/aromatic N) is 3. The fourth-order valence-electron chi connectivity index (χ4n) is 2.25. The molecule has 4 nitrogen and oxygen atoms in total. The highest BCUT2D eigenvalue weighted by atomic mass is 79.9. The molecule has 1 heterocycles. The predicted molar refractivity (Wildman–Crippen MR) is 90.8 cm³/mol. The van der Waals surface area contributed by atoms with Crippen molar-refractivity contribution in [2.24, 2.45) is 0 Å². The van der Waals surface area contributed by atoms with Gasteiger partial charge in [-0.05, 0) is 38.8 Å². The van der Waals surface area contributed by atoms with E-state index in [1.165, 1.54) is 0 Å². The number of halogens is 2. The van der Waals surface area contributed by atoms with Crippen molar-refractivity contribution in [2.75, 3.05) is 27.7 Å². The number of benzene rings is 1. The Morgan fingerprint density at radius 3 is 2.57 bits per heavy atom. The Hall–Kier alpha value is -0.880. The summed E-state index contributed by atoms with van der Waals surface area (Å²) in [5, 5.41) is 8.43. The fourth-order valence-corrected chi connectivity index (χ4v) is 2.76. The Bertz CT molecular complexity index is 580. The van der Waals surface area contributed by atoms with Crippen molar-refractivity contribution in [1.82, 2.24) is 20.0 Å². The maximum absolute atomic E-state index is 6.37. The smallest absolute Gasteiger partial charge is 0.0837 e. The van der Waals surface area contributed by atoms with Gasteiger partial charge in [0.05, 0.1) is 29.5 Å². The molecule has 0 radical (unpaired) electrons. The van der Waals surface area contributed by atoms with Crippen molar-refractivity contribution in [1.29, 1.82) is 0 Å². The van der Waals surface area contributed by atoms with Crippen LogP contribution in [0.5, 0.6) is 0 Å². The molecule has 1 aromatic heterocycles. The summed E-state index contributed by atoms with van der Waals surface area (Å²) in [7, 11) is 6.04. The van der Waals surface area contributed by atoms with Gasteiger partial charge in [-0.15, -0.1) is 0 Å². The largest absolute Gasteiger partial charge is 0.308 e. The topological polar surface area (TPSA) is 33.1 Å². The molecule has 0 fully saturated rings. The molecule has 6 heteroatoms. The van der Waals surface area contributed by atoms with Crippen molar-refractivity contribution in [2.45, 2.75) is 12.6 Å². The quantitative estimate of drug-likeness (QED) is 0.846. The molecule has 2 aromatic rings. The number of rotatable bonds is 6. The van der Waals surface area contributed by atoms with Crippen LogP contribution in [0.1, 0.15) is 17.3 Å². The molecular formula is C15H20BrClN4. The monoisotopic (exact) mass is 370 g/mol. The Morgan fingerprint density at radius 2 is 2.00 bits per heavy atom. The normalized spacial score (nSPS) is 12.9. The first-order valence-corrected chi connectivity index (χ1v) is 7.98. The molecule has 0 aliphatic heterocycles. The number of nitrogens with one attached hydrogen (secondary N) is 1. The van der Waals surface area contributed by atoms with Crippen LogP contribution in [0.25, 0.3) is 0 Å². The number of hydrogen-bond acceptors (Lipinski definition) is 3. The molecule has 0 amide bonds. The van der Waals surface area contributed by atoms with Crippen LogP contribution in [0.15, 0.2) is 34.9 Å². The zero-order valence-corrected chi connectivity index (χ0v) is 14.8. The fraction of sp³-hybridized carbons (Fsp3) is 0.400. The Kier molecular flexibility index (Phi) is 5.81. The van der Waals surface area contributed by atoms with E-state index in [0.29, 0.717) is 5.02 Å². The van der Waals surface area contributed by atoms with E-state index >= 15 is 0 Å². The first-order chi connectivity index (χ1) is 10.0. The van der Waals surface area contributed by atoms with E-state index < -0.39 is 0 Å². The van der Waals surface area contributed by atoms with Gasteiger partial charge in [0.15, 0.2) is 0 Å². The molecule has 0 bridgehead atoms. The predicted octanol–water partition coefficient (Wildman–Crippen LogP) is 3.17. The van der Waals surface area contributed by atoms with Crippen LogP contribution in [0.4, 0.5) is 0 Å². The van der Waals surface area contributed by atoms with E-state index in [9.17, 15) is 0 Å². The lowest BCUT2D eigenvalue weighted by Crippen LogP contribution is -2.25. The summed E-state index contributed by atoms with van der Waals surface area (Å²) in [6.07, 6.45) is 1.72. The Labute approximate surface area is 139 Å². The standard InChI is InChI=1S/C15H20BrClN4/c1-18-14(11-4-6-12(16)7-5-11)15-13(17)10-19-21(15)9-8-20(2)3/h4-7,10,14,18H,8-9H2,1-3H3. The van der Waals surface area contributed by atoms with E-state index in [-0.39, 0.29) is 6.04 Å². The van der Waals surface area contributed by atoms with Gasteiger partial charge in [0.1, 0.15) is 0 Å². The van der Waals surface area contributed by atoms with Gasteiger partial charge < -0.3 is 10.2 Å². The third kappa shape index (κ3) is 4.07. The molecule has 0 saturated carbocycles. The van der Waals surface area contributed by atoms with Gasteiger partial charge in [0.25, 0.3) is 0 Å². The highest BCUT2D eigenvalue weighted by Crippen LogP contribution is 2.28. The van der Waals surface area contributed by atoms with E-state index in [2.05, 4.69) is 57.5 Å². The molecule has 0 spiro atoms. The van der Waals surface area contributed by atoms with Crippen molar-refractivity contribution in [3.05, 3.63) is 51.2 Å². The molecule has 0 saturated heterocycles. The van der Waals surface area contributed by atoms with E-state index in [0.717, 1.165) is 28.8 Å². The maximum atomic E-state index is 6.37. The molecule has 1 unspecified atom stereocenters. The maximum Gasteiger partial charge on any atom is 0.0837 e. The van der Waals surface area contributed by atoms with Crippen molar-refractivity contribution >= 4 is 27.5 Å². The zero-order valence-electron chi connectivity index (χ0n) is 12.5. The summed E-state index contributed by atoms with van der Waals surface area (Å²) < 4.78 is 3.04. The van der Waals surface area contributed by atoms with Crippen LogP contribution in [0.3, 0.4) is 0 Å². The summed E-state index contributed by atoms with van der Waals surface area (Å²) in [6.45, 7) is 1.73. The van der Waals surface area contributed by atoms with Crippen LogP contribution in [-0.2, 0) is 6.54 Å². The van der Waals surface area contributed by atoms with Gasteiger partial charge in [-0.2, -0.15) is 5.10 Å². The van der Waals surface area contributed by atoms with Crippen LogP contribution in [-0.4, -0.2) is 42.4 Å². The second-order valence-electron chi connectivity index (χ2n) is 5.18. The van der Waals surface area contributed by atoms with Crippen LogP contribution in [0, 0.1) is 0 Å². The minimum atomic E-state index is 0.0234. The van der Waals surface area contributed by atoms with Gasteiger partial charge in [0.2, 0.25) is 0 Å². The van der Waals surface area contributed by atoms with Crippen LogP contribution >= 0.6 is 27.5 Å². The summed E-state index contributed by atoms with van der Waals surface area (Å²) in [5.41, 5.74) is 2.16. The third-order valence-corrected chi connectivity index (χ3v) is 4.18. The summed E-state index contributed by atoms with van der Waals surface area (Å²) in [6, 6.07) is 8.27. The van der Waals surface area contributed by atoms with Gasteiger partial charge in [0, 0.05) is 11.0 Å². The van der Waals surface area contributed by atoms with Gasteiger partial charge in [-0.25, -0.2) is 0 Å². The Balaban J connectivity index is 2.33. The average molecular weight is 372 g/mol. The second-order valence-corrected chi connectivity index (χ2v) is 6.50. The van der Waals surface area contributed by atoms with Crippen molar-refractivity contribution in [3.8, 4) is 0 Å². The van der Waals surface area contributed by atoms with Crippen LogP contribution in [0.2, 0.25) is 5.02 Å². The van der Waals surface area contributed by atoms with E-state index in [1.807, 2.05) is 23.9 Å². The number of hydrogen-bond donors (Lipinski definition) is 1. The van der Waals surface area contributed by atoms with Crippen LogP contribution < -0.4 is 5.32 Å². The van der Waals surface area contributed by atoms with Gasteiger partial charge in [-0.3, -0.25) is 4.68 Å². The lowest BCUT2D eigenvalue weighted by Gasteiger charge is -2.20. The minimum Gasteiger partial charge on any atom is -0.308 e. The van der Waals surface area contributed by atoms with Crippen molar-refractivity contribution in [3.63, 3.8) is 0 Å². The molecule has 2 rings (SSSR count). The number of aromatic nitrogens is 2. The lowest BCUT2D eigenvalue weighted by atomic mass is 10.0. The molecule has 0 aliphatic carbocycles. The SMILES string of the molecule is CNC(c1ccc(Br)cc1)c1c(Cl)cnn1CCN(C)C. The van der Waals surface area contributed by atoms with Gasteiger partial charge >= 0.3 is 0 Å². The summed E-state index contributed by atoms with van der Waals surface area (Å²) >= 11 is 9.83. The highest BCUT2D eigenvalue weighted by Gasteiger charge is 2.20. The Morgan fingerprint density at radius 1 is 1.33 bits per heavy atom. The lowest BCUT2D eigenvalue weighted by molar-refractivity contribution is 0.366. The van der Waals surface area contributed by atoms with Gasteiger partial charge in [-0.1, -0.05) is 39.7 Å². The summed E-state index contributed by atoms with van der Waals surface area (Å²) in [5.74, 6) is 0. The minimum absolute atomic E-state index is 0.0234. The van der Waals surface area contributed by atoms with E-state index in [4.69, 9.17) is 11.6 Å². The zero-order chi connectivity index (χ0) is 15.4. The molecular weight excluding hydrogens is 352 g/mol. The summed E-state index contributed by atoms with van der Waals surface area (Å²) in [4.78, 5) is 2.13. The van der Waals surface area contributed by atoms with Crippen molar-refractivity contribution < 1.29 is 0 Å². The van der Waals surface area contributed by atoms with E-state index in [1.54, 1.807) is 6.20 Å². The average Bonchev–Trinajstić information content (AvgIpc) is 2.81. The molecule has 1 atom stereocenters. The third-order valence-electron chi connectivity index (χ3n) is 3.36. The molecule has 0 aliphatic rings. The molecule has 21 heavy (non-hydrogen) atoms. The molecule has 1 N–H and O–H groups in total. The number of likely N-dealkylation sites (N-methyl/N-ethyl adjacent to an activating group) is 1. The molecule has 114 valence electrons. The second kappa shape index (κ2) is 7.40. The first-order valence-electron chi connectivity index (χ1n) is 6.81. The highest BCUT2D eigenvalue weighted by molar-refractivity contribution is 9.10. The first kappa shape index (κ1) is 16.5. The molecule has 1 aromatic carbocycles.